The Balaban J connectivity index is 1.76. The molecule has 136 valence electrons. The van der Waals surface area contributed by atoms with E-state index in [1.165, 1.54) is 16.9 Å². The molecule has 1 N–H and O–H groups in total. The molecule has 0 radical (unpaired) electrons. The van der Waals surface area contributed by atoms with E-state index in [1.807, 2.05) is 24.3 Å². The maximum absolute atomic E-state index is 12.4. The van der Waals surface area contributed by atoms with E-state index in [2.05, 4.69) is 30.2 Å². The Bertz CT molecular complexity index is 934. The fourth-order valence-corrected chi connectivity index (χ4v) is 3.75. The van der Waals surface area contributed by atoms with Gasteiger partial charge in [0.25, 0.3) is 0 Å². The molecule has 1 amide bonds. The molecule has 5 nitrogen and oxygen atoms in total. The first-order chi connectivity index (χ1) is 12.5. The predicted molar refractivity (Wildman–Crippen MR) is 106 cm³/mol. The van der Waals surface area contributed by atoms with Crippen LogP contribution in [-0.4, -0.2) is 25.1 Å². The molecule has 26 heavy (non-hydrogen) atoms. The number of anilines is 1. The average molecular weight is 370 g/mol. The molecular weight excluding hydrogens is 348 g/mol. The monoisotopic (exact) mass is 370 g/mol. The highest BCUT2D eigenvalue weighted by Crippen LogP contribution is 2.32. The molecule has 0 aliphatic carbocycles. The first kappa shape index (κ1) is 18.2. The normalized spacial score (nSPS) is 11.0. The van der Waals surface area contributed by atoms with Crippen molar-refractivity contribution in [2.45, 2.75) is 26.2 Å². The lowest BCUT2D eigenvalue weighted by Crippen LogP contribution is -2.14. The number of benzene rings is 2. The molecule has 3 rings (SSSR count). The number of para-hydroxylation sites is 1. The maximum atomic E-state index is 12.4. The summed E-state index contributed by atoms with van der Waals surface area (Å²) < 4.78 is 11.6. The molecule has 3 aromatic rings. The Morgan fingerprint density at radius 3 is 2.62 bits per heavy atom. The van der Waals surface area contributed by atoms with Gasteiger partial charge in [0.2, 0.25) is 5.91 Å². The Morgan fingerprint density at radius 2 is 1.92 bits per heavy atom. The van der Waals surface area contributed by atoms with Crippen LogP contribution in [0.1, 0.15) is 30.9 Å². The molecule has 0 bridgehead atoms. The van der Waals surface area contributed by atoms with Crippen molar-refractivity contribution in [1.82, 2.24) is 4.98 Å². The first-order valence-electron chi connectivity index (χ1n) is 8.42. The zero-order valence-electron chi connectivity index (χ0n) is 15.3. The molecule has 0 spiro atoms. The van der Waals surface area contributed by atoms with Crippen molar-refractivity contribution < 1.29 is 14.3 Å². The Labute approximate surface area is 157 Å². The number of nitrogens with zero attached hydrogens (tertiary/aromatic N) is 1. The van der Waals surface area contributed by atoms with E-state index in [-0.39, 0.29) is 12.3 Å². The summed E-state index contributed by atoms with van der Waals surface area (Å²) in [5, 5.41) is 3.53. The number of fused-ring (bicyclic) bond motifs is 1. The van der Waals surface area contributed by atoms with Gasteiger partial charge in [0.05, 0.1) is 30.9 Å². The third-order valence-corrected chi connectivity index (χ3v) is 5.07. The van der Waals surface area contributed by atoms with Crippen LogP contribution in [0, 0.1) is 0 Å². The van der Waals surface area contributed by atoms with Crippen LogP contribution in [0.5, 0.6) is 11.5 Å². The van der Waals surface area contributed by atoms with E-state index < -0.39 is 0 Å². The van der Waals surface area contributed by atoms with Crippen LogP contribution < -0.4 is 14.8 Å². The molecule has 2 aromatic carbocycles. The van der Waals surface area contributed by atoms with E-state index >= 15 is 0 Å². The lowest BCUT2D eigenvalue weighted by molar-refractivity contribution is -0.115. The minimum Gasteiger partial charge on any atom is -0.493 e. The van der Waals surface area contributed by atoms with Gasteiger partial charge in [0.1, 0.15) is 0 Å². The van der Waals surface area contributed by atoms with Crippen molar-refractivity contribution >= 4 is 32.6 Å². The van der Waals surface area contributed by atoms with Gasteiger partial charge in [-0.3, -0.25) is 4.79 Å². The highest BCUT2D eigenvalue weighted by Gasteiger charge is 2.13. The minimum absolute atomic E-state index is 0.109. The van der Waals surface area contributed by atoms with Gasteiger partial charge < -0.3 is 14.8 Å². The zero-order valence-corrected chi connectivity index (χ0v) is 16.1. The first-order valence-corrected chi connectivity index (χ1v) is 9.23. The summed E-state index contributed by atoms with van der Waals surface area (Å²) in [6, 6.07) is 11.6. The summed E-state index contributed by atoms with van der Waals surface area (Å²) in [4.78, 5) is 17.0. The van der Waals surface area contributed by atoms with Crippen molar-refractivity contribution in [3.05, 3.63) is 47.5 Å². The largest absolute Gasteiger partial charge is 0.493 e. The summed E-state index contributed by atoms with van der Waals surface area (Å²) in [7, 11) is 3.16. The number of rotatable bonds is 6. The van der Waals surface area contributed by atoms with Gasteiger partial charge >= 0.3 is 0 Å². The molecule has 0 aliphatic rings. The molecule has 0 saturated heterocycles. The molecule has 0 fully saturated rings. The second-order valence-corrected chi connectivity index (χ2v) is 7.31. The van der Waals surface area contributed by atoms with E-state index in [1.54, 1.807) is 20.3 Å². The molecule has 0 saturated carbocycles. The highest BCUT2D eigenvalue weighted by molar-refractivity contribution is 7.22. The van der Waals surface area contributed by atoms with Crippen molar-refractivity contribution in [3.63, 3.8) is 0 Å². The van der Waals surface area contributed by atoms with Gasteiger partial charge in [-0.05, 0) is 35.2 Å². The second-order valence-electron chi connectivity index (χ2n) is 6.28. The summed E-state index contributed by atoms with van der Waals surface area (Å²) in [5.41, 5.74) is 3.01. The van der Waals surface area contributed by atoms with Crippen LogP contribution in [0.3, 0.4) is 0 Å². The summed E-state index contributed by atoms with van der Waals surface area (Å²) in [5.74, 6) is 1.53. The maximum Gasteiger partial charge on any atom is 0.230 e. The van der Waals surface area contributed by atoms with Gasteiger partial charge in [0, 0.05) is 0 Å². The van der Waals surface area contributed by atoms with Gasteiger partial charge in [0.15, 0.2) is 16.6 Å². The van der Waals surface area contributed by atoms with Crippen LogP contribution in [0.4, 0.5) is 5.13 Å². The van der Waals surface area contributed by atoms with Crippen LogP contribution >= 0.6 is 11.3 Å². The molecule has 0 aliphatic heterocycles. The number of aromatic nitrogens is 1. The molecule has 1 aromatic heterocycles. The zero-order chi connectivity index (χ0) is 18.7. The van der Waals surface area contributed by atoms with E-state index in [9.17, 15) is 4.79 Å². The fraction of sp³-hybridized carbons (Fsp3) is 0.300. The number of hydrogen-bond donors (Lipinski definition) is 1. The van der Waals surface area contributed by atoms with Gasteiger partial charge in [-0.15, -0.1) is 0 Å². The molecule has 1 heterocycles. The van der Waals surface area contributed by atoms with Crippen molar-refractivity contribution in [1.29, 1.82) is 0 Å². The van der Waals surface area contributed by atoms with Crippen LogP contribution in [0.25, 0.3) is 10.2 Å². The number of carbonyl (C=O) groups excluding carboxylic acids is 1. The fourth-order valence-electron chi connectivity index (χ4n) is 2.83. The Kier molecular flexibility index (Phi) is 5.42. The van der Waals surface area contributed by atoms with E-state index in [4.69, 9.17) is 9.47 Å². The summed E-state index contributed by atoms with van der Waals surface area (Å²) in [6.07, 6.45) is 0.243. The molecule has 0 atom stereocenters. The molecule has 0 unspecified atom stereocenters. The number of thiazole rings is 1. The van der Waals surface area contributed by atoms with Gasteiger partial charge in [-0.2, -0.15) is 0 Å². The van der Waals surface area contributed by atoms with Crippen LogP contribution in [-0.2, 0) is 11.2 Å². The van der Waals surface area contributed by atoms with Gasteiger partial charge in [-0.1, -0.05) is 43.4 Å². The third-order valence-electron chi connectivity index (χ3n) is 4.13. The predicted octanol–water partition coefficient (Wildman–Crippen LogP) is 4.62. The number of hydrogen-bond acceptors (Lipinski definition) is 5. The quantitative estimate of drug-likeness (QED) is 0.688. The lowest BCUT2D eigenvalue weighted by atomic mass is 10.0. The average Bonchev–Trinajstić information content (AvgIpc) is 3.03. The lowest BCUT2D eigenvalue weighted by Gasteiger charge is -2.09. The van der Waals surface area contributed by atoms with Crippen molar-refractivity contribution in [3.8, 4) is 11.5 Å². The second kappa shape index (κ2) is 7.74. The number of amides is 1. The molecular formula is C20H22N2O3S. The smallest absolute Gasteiger partial charge is 0.230 e. The van der Waals surface area contributed by atoms with E-state index in [0.29, 0.717) is 22.5 Å². The van der Waals surface area contributed by atoms with Crippen LogP contribution in [0.2, 0.25) is 0 Å². The number of ether oxygens (including phenoxy) is 2. The van der Waals surface area contributed by atoms with E-state index in [0.717, 1.165) is 15.8 Å². The summed E-state index contributed by atoms with van der Waals surface area (Å²) in [6.45, 7) is 4.28. The number of nitrogens with one attached hydrogen (secondary N) is 1. The SMILES string of the molecule is COc1ccc(CC(=O)Nc2nc3c(C(C)C)cccc3s2)cc1OC. The molecule has 6 heteroatoms. The Morgan fingerprint density at radius 1 is 1.15 bits per heavy atom. The van der Waals surface area contributed by atoms with Gasteiger partial charge in [-0.25, -0.2) is 4.98 Å². The standard InChI is InChI=1S/C20H22N2O3S/c1-12(2)14-6-5-7-17-19(14)22-20(26-17)21-18(23)11-13-8-9-15(24-3)16(10-13)25-4/h5-10,12H,11H2,1-4H3,(H,21,22,23). The number of carbonyl (C=O) groups is 1. The highest BCUT2D eigenvalue weighted by atomic mass is 32.1. The van der Waals surface area contributed by atoms with Crippen LogP contribution in [0.15, 0.2) is 36.4 Å². The number of methoxy groups -OCH3 is 2. The third kappa shape index (κ3) is 3.80. The van der Waals surface area contributed by atoms with Crippen molar-refractivity contribution in [2.75, 3.05) is 19.5 Å². The minimum atomic E-state index is -0.109. The summed E-state index contributed by atoms with van der Waals surface area (Å²) >= 11 is 1.49. The Hall–Kier alpha value is -2.60. The topological polar surface area (TPSA) is 60.5 Å². The van der Waals surface area contributed by atoms with Crippen molar-refractivity contribution in [2.24, 2.45) is 0 Å².